The lowest BCUT2D eigenvalue weighted by Gasteiger charge is -2.10. The summed E-state index contributed by atoms with van der Waals surface area (Å²) in [6, 6.07) is 10.1. The number of nitrogens with one attached hydrogen (secondary N) is 3. The lowest BCUT2D eigenvalue weighted by molar-refractivity contribution is -0.149. The molecule has 3 amide bonds. The van der Waals surface area contributed by atoms with E-state index >= 15 is 0 Å². The van der Waals surface area contributed by atoms with E-state index in [2.05, 4.69) is 15.5 Å². The maximum Gasteiger partial charge on any atom is 0.416 e. The summed E-state index contributed by atoms with van der Waals surface area (Å²) in [6.07, 6.45) is -5.35. The molecule has 0 heterocycles. The number of anilines is 1. The van der Waals surface area contributed by atoms with Gasteiger partial charge in [-0.25, -0.2) is 0 Å². The molecule has 8 nitrogen and oxygen atoms in total. The van der Waals surface area contributed by atoms with Crippen molar-refractivity contribution in [2.24, 2.45) is 0 Å². The van der Waals surface area contributed by atoms with E-state index in [0.717, 1.165) is 18.2 Å². The van der Waals surface area contributed by atoms with Crippen LogP contribution in [0.1, 0.15) is 28.8 Å². The van der Waals surface area contributed by atoms with Gasteiger partial charge in [-0.1, -0.05) is 29.8 Å². The number of amides is 3. The van der Waals surface area contributed by atoms with Crippen LogP contribution in [0.5, 0.6) is 0 Å². The average molecular weight is 472 g/mol. The highest BCUT2D eigenvalue weighted by Gasteiger charge is 2.30. The van der Waals surface area contributed by atoms with E-state index in [9.17, 15) is 32.3 Å². The van der Waals surface area contributed by atoms with E-state index in [4.69, 9.17) is 11.6 Å². The highest BCUT2D eigenvalue weighted by molar-refractivity contribution is 6.33. The van der Waals surface area contributed by atoms with E-state index in [1.165, 1.54) is 18.2 Å². The molecule has 0 radical (unpaired) electrons. The first-order valence-corrected chi connectivity index (χ1v) is 9.40. The number of benzene rings is 2. The maximum absolute atomic E-state index is 12.7. The van der Waals surface area contributed by atoms with E-state index in [1.807, 2.05) is 5.43 Å². The highest BCUT2D eigenvalue weighted by Crippen LogP contribution is 2.30. The van der Waals surface area contributed by atoms with Gasteiger partial charge in [0.05, 0.1) is 22.6 Å². The number of carbonyl (C=O) groups is 4. The minimum atomic E-state index is -4.56. The number of hydrazine groups is 1. The summed E-state index contributed by atoms with van der Waals surface area (Å²) in [5.74, 6) is -3.12. The van der Waals surface area contributed by atoms with Gasteiger partial charge in [0.2, 0.25) is 5.91 Å². The van der Waals surface area contributed by atoms with Crippen molar-refractivity contribution in [3.63, 3.8) is 0 Å². The van der Waals surface area contributed by atoms with Crippen LogP contribution in [0.15, 0.2) is 48.5 Å². The van der Waals surface area contributed by atoms with Crippen LogP contribution in [0.3, 0.4) is 0 Å². The van der Waals surface area contributed by atoms with Gasteiger partial charge in [0, 0.05) is 12.1 Å². The maximum atomic E-state index is 12.7. The standard InChI is InChI=1S/C20H17ClF3N3O5/c21-15-7-2-1-6-14(15)19(31)27-26-17(29)11-32-18(30)9-8-16(28)25-13-5-3-4-12(10-13)20(22,23)24/h1-7,10H,8-9,11H2,(H,25,28)(H,26,29)(H,27,31). The number of esters is 1. The molecule has 2 aromatic carbocycles. The van der Waals surface area contributed by atoms with Crippen molar-refractivity contribution in [3.05, 3.63) is 64.7 Å². The van der Waals surface area contributed by atoms with Gasteiger partial charge in [0.1, 0.15) is 0 Å². The minimum Gasteiger partial charge on any atom is -0.455 e. The van der Waals surface area contributed by atoms with Gasteiger partial charge in [0.15, 0.2) is 6.61 Å². The zero-order valence-electron chi connectivity index (χ0n) is 16.3. The lowest BCUT2D eigenvalue weighted by Crippen LogP contribution is -2.43. The van der Waals surface area contributed by atoms with Gasteiger partial charge in [-0.05, 0) is 30.3 Å². The number of hydrogen-bond donors (Lipinski definition) is 3. The molecule has 2 aromatic rings. The Morgan fingerprint density at radius 2 is 1.62 bits per heavy atom. The first kappa shape index (κ1) is 24.7. The molecule has 0 spiro atoms. The van der Waals surface area contributed by atoms with Crippen LogP contribution in [-0.2, 0) is 25.3 Å². The SMILES string of the molecule is O=C(COC(=O)CCC(=O)Nc1cccc(C(F)(F)F)c1)NNC(=O)c1ccccc1Cl. The molecule has 0 aliphatic carbocycles. The molecule has 0 fully saturated rings. The number of carbonyl (C=O) groups excluding carboxylic acids is 4. The summed E-state index contributed by atoms with van der Waals surface area (Å²) in [4.78, 5) is 47.0. The Hall–Kier alpha value is -3.60. The summed E-state index contributed by atoms with van der Waals surface area (Å²) >= 11 is 5.85. The fourth-order valence-electron chi connectivity index (χ4n) is 2.31. The Kier molecular flexibility index (Phi) is 8.59. The highest BCUT2D eigenvalue weighted by atomic mass is 35.5. The molecule has 0 aliphatic rings. The predicted molar refractivity (Wildman–Crippen MR) is 107 cm³/mol. The van der Waals surface area contributed by atoms with Gasteiger partial charge in [-0.15, -0.1) is 0 Å². The average Bonchev–Trinajstić information content (AvgIpc) is 2.74. The monoisotopic (exact) mass is 471 g/mol. The number of rotatable bonds is 7. The third kappa shape index (κ3) is 7.91. The molecule has 0 bridgehead atoms. The Morgan fingerprint density at radius 1 is 0.906 bits per heavy atom. The fourth-order valence-corrected chi connectivity index (χ4v) is 2.53. The summed E-state index contributed by atoms with van der Waals surface area (Å²) in [5.41, 5.74) is 3.25. The summed E-state index contributed by atoms with van der Waals surface area (Å²) in [6.45, 7) is -0.725. The number of alkyl halides is 3. The normalized spacial score (nSPS) is 10.8. The fraction of sp³-hybridized carbons (Fsp3) is 0.200. The van der Waals surface area contributed by atoms with Crippen molar-refractivity contribution in [2.45, 2.75) is 19.0 Å². The zero-order valence-corrected chi connectivity index (χ0v) is 17.0. The number of hydrogen-bond acceptors (Lipinski definition) is 5. The Morgan fingerprint density at radius 3 is 2.31 bits per heavy atom. The van der Waals surface area contributed by atoms with Crippen molar-refractivity contribution in [1.29, 1.82) is 0 Å². The van der Waals surface area contributed by atoms with Crippen LogP contribution in [0.4, 0.5) is 18.9 Å². The molecule has 0 atom stereocenters. The second-order valence-electron chi connectivity index (χ2n) is 6.27. The van der Waals surface area contributed by atoms with Crippen molar-refractivity contribution in [1.82, 2.24) is 10.9 Å². The third-order valence-corrected chi connectivity index (χ3v) is 4.16. The third-order valence-electron chi connectivity index (χ3n) is 3.83. The van der Waals surface area contributed by atoms with Crippen LogP contribution in [-0.4, -0.2) is 30.3 Å². The number of halogens is 4. The largest absolute Gasteiger partial charge is 0.455 e. The lowest BCUT2D eigenvalue weighted by atomic mass is 10.2. The molecule has 32 heavy (non-hydrogen) atoms. The van der Waals surface area contributed by atoms with Gasteiger partial charge in [-0.2, -0.15) is 13.2 Å². The minimum absolute atomic E-state index is 0.0770. The van der Waals surface area contributed by atoms with Crippen LogP contribution in [0.2, 0.25) is 5.02 Å². The molecule has 0 saturated carbocycles. The summed E-state index contributed by atoms with van der Waals surface area (Å²) in [7, 11) is 0. The Labute approximate surface area is 185 Å². The molecule has 12 heteroatoms. The van der Waals surface area contributed by atoms with Crippen molar-refractivity contribution < 1.29 is 37.1 Å². The quantitative estimate of drug-likeness (QED) is 0.424. The molecule has 0 saturated heterocycles. The molecule has 0 unspecified atom stereocenters. The molecule has 170 valence electrons. The predicted octanol–water partition coefficient (Wildman–Crippen LogP) is 3.08. The summed E-state index contributed by atoms with van der Waals surface area (Å²) < 4.78 is 42.7. The van der Waals surface area contributed by atoms with Crippen molar-refractivity contribution in [2.75, 3.05) is 11.9 Å². The Bertz CT molecular complexity index is 1010. The second-order valence-corrected chi connectivity index (χ2v) is 6.68. The van der Waals surface area contributed by atoms with E-state index < -0.39 is 48.5 Å². The molecule has 3 N–H and O–H groups in total. The first-order chi connectivity index (χ1) is 15.1. The molecular formula is C20H17ClF3N3O5. The van der Waals surface area contributed by atoms with E-state index in [0.29, 0.717) is 0 Å². The number of ether oxygens (including phenoxy) is 1. The van der Waals surface area contributed by atoms with Gasteiger partial charge in [-0.3, -0.25) is 30.0 Å². The van der Waals surface area contributed by atoms with Crippen molar-refractivity contribution >= 4 is 41.0 Å². The topological polar surface area (TPSA) is 114 Å². The molecule has 0 aromatic heterocycles. The molecule has 0 aliphatic heterocycles. The van der Waals surface area contributed by atoms with Crippen LogP contribution >= 0.6 is 11.6 Å². The van der Waals surface area contributed by atoms with E-state index in [-0.39, 0.29) is 22.7 Å². The Balaban J connectivity index is 1.69. The van der Waals surface area contributed by atoms with Crippen LogP contribution in [0.25, 0.3) is 0 Å². The molecule has 2 rings (SSSR count). The zero-order chi connectivity index (χ0) is 23.7. The van der Waals surface area contributed by atoms with Gasteiger partial charge < -0.3 is 10.1 Å². The van der Waals surface area contributed by atoms with Gasteiger partial charge in [0.25, 0.3) is 11.8 Å². The summed E-state index contributed by atoms with van der Waals surface area (Å²) in [5, 5.41) is 2.42. The van der Waals surface area contributed by atoms with Crippen LogP contribution in [0, 0.1) is 0 Å². The molecular weight excluding hydrogens is 455 g/mol. The smallest absolute Gasteiger partial charge is 0.416 e. The van der Waals surface area contributed by atoms with E-state index in [1.54, 1.807) is 12.1 Å². The van der Waals surface area contributed by atoms with Crippen LogP contribution < -0.4 is 16.2 Å². The first-order valence-electron chi connectivity index (χ1n) is 9.02. The van der Waals surface area contributed by atoms with Gasteiger partial charge >= 0.3 is 12.1 Å². The van der Waals surface area contributed by atoms with Crippen molar-refractivity contribution in [3.8, 4) is 0 Å². The second kappa shape index (κ2) is 11.1.